The number of carbonyl (C=O) groups is 1. The Bertz CT molecular complexity index is 726. The van der Waals surface area contributed by atoms with E-state index in [1.54, 1.807) is 12.1 Å². The number of hydrazone groups is 1. The lowest BCUT2D eigenvalue weighted by atomic mass is 10.2. The number of nitrogens with zero attached hydrogens (tertiary/aromatic N) is 1. The van der Waals surface area contributed by atoms with Gasteiger partial charge in [-0.2, -0.15) is 5.10 Å². The zero-order valence-electron chi connectivity index (χ0n) is 12.6. The van der Waals surface area contributed by atoms with Gasteiger partial charge in [-0.3, -0.25) is 4.79 Å². The van der Waals surface area contributed by atoms with E-state index in [0.29, 0.717) is 17.2 Å². The first-order valence-corrected chi connectivity index (χ1v) is 7.12. The first-order chi connectivity index (χ1) is 11.2. The molecular weight excluding hydrogens is 296 g/mol. The van der Waals surface area contributed by atoms with Gasteiger partial charge < -0.3 is 14.2 Å². The molecule has 0 fully saturated rings. The third-order valence-electron chi connectivity index (χ3n) is 3.19. The van der Waals surface area contributed by atoms with Gasteiger partial charge in [-0.15, -0.1) is 0 Å². The number of hydrogen-bond donors (Lipinski definition) is 1. The number of benzene rings is 2. The maximum Gasteiger partial charge on any atom is 0.277 e. The molecule has 0 aromatic heterocycles. The molecule has 2 aromatic rings. The van der Waals surface area contributed by atoms with E-state index in [1.807, 2.05) is 37.3 Å². The summed E-state index contributed by atoms with van der Waals surface area (Å²) in [5, 5.41) is 3.89. The van der Waals surface area contributed by atoms with Crippen molar-refractivity contribution in [3.8, 4) is 17.2 Å². The second kappa shape index (κ2) is 6.83. The van der Waals surface area contributed by atoms with Gasteiger partial charge in [0.05, 0.1) is 6.21 Å². The Morgan fingerprint density at radius 3 is 2.83 bits per heavy atom. The SMILES string of the molecule is Cc1ccc(OCC(=O)N/N=C\c2ccc3c(c2)OCO3)cc1. The molecule has 118 valence electrons. The van der Waals surface area contributed by atoms with Crippen LogP contribution in [0.3, 0.4) is 0 Å². The molecule has 1 N–H and O–H groups in total. The molecule has 6 nitrogen and oxygen atoms in total. The van der Waals surface area contributed by atoms with E-state index in [2.05, 4.69) is 10.5 Å². The predicted molar refractivity (Wildman–Crippen MR) is 85.0 cm³/mol. The van der Waals surface area contributed by atoms with E-state index in [9.17, 15) is 4.79 Å². The van der Waals surface area contributed by atoms with Gasteiger partial charge in [0.15, 0.2) is 18.1 Å². The Morgan fingerprint density at radius 2 is 2.00 bits per heavy atom. The summed E-state index contributed by atoms with van der Waals surface area (Å²) in [7, 11) is 0. The maximum atomic E-state index is 11.7. The van der Waals surface area contributed by atoms with Gasteiger partial charge in [-0.25, -0.2) is 5.43 Å². The lowest BCUT2D eigenvalue weighted by molar-refractivity contribution is -0.123. The van der Waals surface area contributed by atoms with Crippen molar-refractivity contribution < 1.29 is 19.0 Å². The van der Waals surface area contributed by atoms with E-state index >= 15 is 0 Å². The van der Waals surface area contributed by atoms with Crippen LogP contribution in [0.5, 0.6) is 17.2 Å². The van der Waals surface area contributed by atoms with Crippen molar-refractivity contribution in [3.05, 3.63) is 53.6 Å². The number of aryl methyl sites for hydroxylation is 1. The number of hydrogen-bond acceptors (Lipinski definition) is 5. The van der Waals surface area contributed by atoms with E-state index in [4.69, 9.17) is 14.2 Å². The Labute approximate surface area is 133 Å². The zero-order valence-corrected chi connectivity index (χ0v) is 12.6. The first-order valence-electron chi connectivity index (χ1n) is 7.12. The van der Waals surface area contributed by atoms with Crippen LogP contribution in [0, 0.1) is 6.92 Å². The molecule has 1 heterocycles. The molecule has 0 saturated carbocycles. The molecule has 0 unspecified atom stereocenters. The molecule has 23 heavy (non-hydrogen) atoms. The van der Waals surface area contributed by atoms with Crippen molar-refractivity contribution in [1.29, 1.82) is 0 Å². The number of ether oxygens (including phenoxy) is 3. The molecule has 1 aliphatic heterocycles. The Morgan fingerprint density at radius 1 is 1.22 bits per heavy atom. The molecule has 0 radical (unpaired) electrons. The molecule has 0 aliphatic carbocycles. The molecule has 0 saturated heterocycles. The van der Waals surface area contributed by atoms with Crippen molar-refractivity contribution in [2.24, 2.45) is 5.10 Å². The minimum Gasteiger partial charge on any atom is -0.484 e. The summed E-state index contributed by atoms with van der Waals surface area (Å²) in [6.07, 6.45) is 1.53. The highest BCUT2D eigenvalue weighted by atomic mass is 16.7. The lowest BCUT2D eigenvalue weighted by Gasteiger charge is -2.05. The second-order valence-corrected chi connectivity index (χ2v) is 5.01. The van der Waals surface area contributed by atoms with Crippen LogP contribution in [0.1, 0.15) is 11.1 Å². The normalized spacial score (nSPS) is 12.4. The molecule has 3 rings (SSSR count). The highest BCUT2D eigenvalue weighted by molar-refractivity contribution is 5.83. The molecule has 6 heteroatoms. The highest BCUT2D eigenvalue weighted by Gasteiger charge is 2.12. The van der Waals surface area contributed by atoms with Crippen molar-refractivity contribution in [2.45, 2.75) is 6.92 Å². The predicted octanol–water partition coefficient (Wildman–Crippen LogP) is 2.25. The third-order valence-corrected chi connectivity index (χ3v) is 3.19. The lowest BCUT2D eigenvalue weighted by Crippen LogP contribution is -2.24. The summed E-state index contributed by atoms with van der Waals surface area (Å²) in [5.41, 5.74) is 4.35. The van der Waals surface area contributed by atoms with Crippen LogP contribution in [0.2, 0.25) is 0 Å². The van der Waals surface area contributed by atoms with Crippen LogP contribution in [0.15, 0.2) is 47.6 Å². The summed E-state index contributed by atoms with van der Waals surface area (Å²) >= 11 is 0. The summed E-state index contributed by atoms with van der Waals surface area (Å²) in [5.74, 6) is 1.69. The quantitative estimate of drug-likeness (QED) is 0.679. The largest absolute Gasteiger partial charge is 0.484 e. The molecule has 2 aromatic carbocycles. The molecule has 1 amide bonds. The third kappa shape index (κ3) is 4.00. The van der Waals surface area contributed by atoms with Gasteiger partial charge in [0, 0.05) is 0 Å². The van der Waals surface area contributed by atoms with Crippen molar-refractivity contribution in [3.63, 3.8) is 0 Å². The van der Waals surface area contributed by atoms with Gasteiger partial charge in [-0.05, 0) is 42.8 Å². The number of rotatable bonds is 5. The fourth-order valence-electron chi connectivity index (χ4n) is 1.99. The number of nitrogens with one attached hydrogen (secondary N) is 1. The number of amides is 1. The van der Waals surface area contributed by atoms with Crippen LogP contribution in [-0.2, 0) is 4.79 Å². The number of fused-ring (bicyclic) bond motifs is 1. The molecule has 0 atom stereocenters. The van der Waals surface area contributed by atoms with Crippen molar-refractivity contribution in [1.82, 2.24) is 5.43 Å². The van der Waals surface area contributed by atoms with Crippen LogP contribution < -0.4 is 19.6 Å². The summed E-state index contributed by atoms with van der Waals surface area (Å²) in [4.78, 5) is 11.7. The topological polar surface area (TPSA) is 69.2 Å². The van der Waals surface area contributed by atoms with E-state index < -0.39 is 0 Å². The van der Waals surface area contributed by atoms with Crippen LogP contribution >= 0.6 is 0 Å². The Balaban J connectivity index is 1.47. The van der Waals surface area contributed by atoms with E-state index in [-0.39, 0.29) is 19.3 Å². The average molecular weight is 312 g/mol. The smallest absolute Gasteiger partial charge is 0.277 e. The minimum absolute atomic E-state index is 0.0957. The van der Waals surface area contributed by atoms with E-state index in [1.165, 1.54) is 6.21 Å². The van der Waals surface area contributed by atoms with Crippen molar-refractivity contribution in [2.75, 3.05) is 13.4 Å². The Hall–Kier alpha value is -3.02. The maximum absolute atomic E-state index is 11.7. The summed E-state index contributed by atoms with van der Waals surface area (Å²) in [6.45, 7) is 2.12. The molecular formula is C17H16N2O4. The fourth-order valence-corrected chi connectivity index (χ4v) is 1.99. The second-order valence-electron chi connectivity index (χ2n) is 5.01. The van der Waals surface area contributed by atoms with Gasteiger partial charge in [-0.1, -0.05) is 17.7 Å². The number of carbonyl (C=O) groups excluding carboxylic acids is 1. The van der Waals surface area contributed by atoms with Gasteiger partial charge in [0.25, 0.3) is 5.91 Å². The highest BCUT2D eigenvalue weighted by Crippen LogP contribution is 2.31. The first kappa shape index (κ1) is 14.9. The van der Waals surface area contributed by atoms with Crippen LogP contribution in [0.25, 0.3) is 0 Å². The van der Waals surface area contributed by atoms with Crippen LogP contribution in [-0.4, -0.2) is 25.5 Å². The minimum atomic E-state index is -0.331. The standard InChI is InChI=1S/C17H16N2O4/c1-12-2-5-14(6-3-12)21-10-17(20)19-18-9-13-4-7-15-16(8-13)23-11-22-15/h2-9H,10-11H2,1H3,(H,19,20)/b18-9-. The van der Waals surface area contributed by atoms with Gasteiger partial charge in [0.1, 0.15) is 5.75 Å². The summed E-state index contributed by atoms with van der Waals surface area (Å²) in [6, 6.07) is 12.9. The fraction of sp³-hybridized carbons (Fsp3) is 0.176. The average Bonchev–Trinajstić information content (AvgIpc) is 3.02. The monoisotopic (exact) mass is 312 g/mol. The zero-order chi connectivity index (χ0) is 16.1. The van der Waals surface area contributed by atoms with Crippen LogP contribution in [0.4, 0.5) is 0 Å². The Kier molecular flexibility index (Phi) is 4.42. The van der Waals surface area contributed by atoms with Crippen molar-refractivity contribution >= 4 is 12.1 Å². The van der Waals surface area contributed by atoms with E-state index in [0.717, 1.165) is 11.1 Å². The van der Waals surface area contributed by atoms with Gasteiger partial charge in [0.2, 0.25) is 6.79 Å². The molecule has 1 aliphatic rings. The summed E-state index contributed by atoms with van der Waals surface area (Å²) < 4.78 is 15.9. The van der Waals surface area contributed by atoms with Gasteiger partial charge >= 0.3 is 0 Å². The molecule has 0 bridgehead atoms. The molecule has 0 spiro atoms.